The molecule has 0 unspecified atom stereocenters. The van der Waals surface area contributed by atoms with Gasteiger partial charge in [-0.2, -0.15) is 0 Å². The van der Waals surface area contributed by atoms with Crippen LogP contribution in [0.25, 0.3) is 11.5 Å². The third kappa shape index (κ3) is 3.83. The van der Waals surface area contributed by atoms with E-state index >= 15 is 0 Å². The average molecular weight is 342 g/mol. The highest BCUT2D eigenvalue weighted by molar-refractivity contribution is 5.65. The number of hydrogen-bond donors (Lipinski definition) is 1. The Balaban J connectivity index is 1.82. The van der Waals surface area contributed by atoms with E-state index in [1.54, 1.807) is 20.4 Å². The minimum absolute atomic E-state index is 0.523. The number of aromatic amines is 1. The summed E-state index contributed by atoms with van der Waals surface area (Å²) in [5.41, 5.74) is 1.65. The minimum Gasteiger partial charge on any atom is -0.497 e. The number of rotatable bonds is 7. The Hall–Kier alpha value is -2.80. The maximum absolute atomic E-state index is 5.88. The molecule has 0 bridgehead atoms. The van der Waals surface area contributed by atoms with E-state index in [-0.39, 0.29) is 0 Å². The number of hydrogen-bond acceptors (Lipinski definition) is 6. The number of nitrogens with zero attached hydrogens (tertiary/aromatic N) is 3. The van der Waals surface area contributed by atoms with Crippen molar-refractivity contribution in [1.29, 1.82) is 0 Å². The van der Waals surface area contributed by atoms with Crippen LogP contribution in [0.15, 0.2) is 35.0 Å². The van der Waals surface area contributed by atoms with E-state index in [0.29, 0.717) is 24.7 Å². The topological polar surface area (TPSA) is 76.4 Å². The molecule has 0 atom stereocenters. The first-order valence-electron chi connectivity index (χ1n) is 7.96. The largest absolute Gasteiger partial charge is 0.497 e. The van der Waals surface area contributed by atoms with Gasteiger partial charge >= 0.3 is 0 Å². The lowest BCUT2D eigenvalue weighted by atomic mass is 10.2. The summed E-state index contributed by atoms with van der Waals surface area (Å²) in [6.45, 7) is 3.28. The number of aromatic nitrogens is 3. The van der Waals surface area contributed by atoms with E-state index in [1.165, 1.54) is 0 Å². The molecule has 1 aromatic carbocycles. The molecule has 132 valence electrons. The first-order chi connectivity index (χ1) is 12.1. The maximum atomic E-state index is 5.88. The summed E-state index contributed by atoms with van der Waals surface area (Å²) in [5, 5.41) is 0. The van der Waals surface area contributed by atoms with Crippen molar-refractivity contribution in [3.8, 4) is 23.0 Å². The molecule has 0 amide bonds. The summed E-state index contributed by atoms with van der Waals surface area (Å²) < 4.78 is 16.6. The standard InChI is InChI=1S/C18H22N4O3/c1-12-15(10-22(2)11-17-19-7-8-20-17)21-18(25-12)14-9-13(23-3)5-6-16(14)24-4/h5-9H,10-11H2,1-4H3,(H,19,20). The van der Waals surface area contributed by atoms with Crippen molar-refractivity contribution in [2.75, 3.05) is 21.3 Å². The predicted octanol–water partition coefficient (Wildman–Crippen LogP) is 3.02. The van der Waals surface area contributed by atoms with Crippen LogP contribution in [0.5, 0.6) is 11.5 Å². The zero-order valence-electron chi connectivity index (χ0n) is 14.9. The number of imidazole rings is 1. The van der Waals surface area contributed by atoms with Gasteiger partial charge in [-0.15, -0.1) is 0 Å². The number of benzene rings is 1. The van der Waals surface area contributed by atoms with Crippen LogP contribution in [-0.4, -0.2) is 41.1 Å². The molecule has 0 saturated heterocycles. The van der Waals surface area contributed by atoms with E-state index in [9.17, 15) is 0 Å². The zero-order valence-corrected chi connectivity index (χ0v) is 14.9. The van der Waals surface area contributed by atoms with Crippen LogP contribution in [0.3, 0.4) is 0 Å². The van der Waals surface area contributed by atoms with Crippen LogP contribution in [0.2, 0.25) is 0 Å². The Morgan fingerprint density at radius 2 is 2.04 bits per heavy atom. The summed E-state index contributed by atoms with van der Waals surface area (Å²) in [5.74, 6) is 3.64. The van der Waals surface area contributed by atoms with Gasteiger partial charge in [0.1, 0.15) is 23.1 Å². The molecule has 3 aromatic rings. The highest BCUT2D eigenvalue weighted by Gasteiger charge is 2.17. The first kappa shape index (κ1) is 17.0. The fourth-order valence-corrected chi connectivity index (χ4v) is 2.62. The molecule has 0 radical (unpaired) electrons. The summed E-state index contributed by atoms with van der Waals surface area (Å²) in [6.07, 6.45) is 3.56. The van der Waals surface area contributed by atoms with E-state index < -0.39 is 0 Å². The smallest absolute Gasteiger partial charge is 0.230 e. The second-order valence-electron chi connectivity index (χ2n) is 5.80. The molecule has 0 aliphatic rings. The van der Waals surface area contributed by atoms with Gasteiger partial charge in [0, 0.05) is 18.9 Å². The van der Waals surface area contributed by atoms with Gasteiger partial charge < -0.3 is 18.9 Å². The number of aryl methyl sites for hydroxylation is 1. The third-order valence-electron chi connectivity index (χ3n) is 3.92. The molecule has 0 spiro atoms. The van der Waals surface area contributed by atoms with Crippen LogP contribution in [-0.2, 0) is 13.1 Å². The van der Waals surface area contributed by atoms with Gasteiger partial charge in [-0.1, -0.05) is 0 Å². The Labute approximate surface area is 146 Å². The van der Waals surface area contributed by atoms with Crippen LogP contribution >= 0.6 is 0 Å². The van der Waals surface area contributed by atoms with Crippen molar-refractivity contribution in [2.24, 2.45) is 0 Å². The van der Waals surface area contributed by atoms with Gasteiger partial charge in [0.2, 0.25) is 5.89 Å². The number of nitrogens with one attached hydrogen (secondary N) is 1. The van der Waals surface area contributed by atoms with Gasteiger partial charge in [0.25, 0.3) is 0 Å². The van der Waals surface area contributed by atoms with Crippen LogP contribution in [0, 0.1) is 6.92 Å². The highest BCUT2D eigenvalue weighted by atomic mass is 16.5. The Kier molecular flexibility index (Phi) is 5.04. The second-order valence-corrected chi connectivity index (χ2v) is 5.80. The van der Waals surface area contributed by atoms with Crippen LogP contribution < -0.4 is 9.47 Å². The molecular weight excluding hydrogens is 320 g/mol. The maximum Gasteiger partial charge on any atom is 0.230 e. The lowest BCUT2D eigenvalue weighted by Crippen LogP contribution is -2.18. The van der Waals surface area contributed by atoms with Crippen molar-refractivity contribution in [1.82, 2.24) is 19.9 Å². The summed E-state index contributed by atoms with van der Waals surface area (Å²) in [6, 6.07) is 5.55. The second kappa shape index (κ2) is 7.40. The molecule has 0 saturated carbocycles. The SMILES string of the molecule is COc1ccc(OC)c(-c2nc(CN(C)Cc3ncc[nH]3)c(C)o2)c1. The van der Waals surface area contributed by atoms with E-state index in [1.807, 2.05) is 38.4 Å². The van der Waals surface area contributed by atoms with E-state index in [2.05, 4.69) is 19.9 Å². The van der Waals surface area contributed by atoms with Crippen molar-refractivity contribution >= 4 is 0 Å². The Morgan fingerprint density at radius 1 is 1.20 bits per heavy atom. The lowest BCUT2D eigenvalue weighted by Gasteiger charge is -2.13. The molecule has 3 rings (SSSR count). The molecule has 2 aromatic heterocycles. The van der Waals surface area contributed by atoms with Crippen molar-refractivity contribution in [3.63, 3.8) is 0 Å². The normalized spacial score (nSPS) is 11.1. The molecule has 0 aliphatic carbocycles. The molecule has 7 heteroatoms. The Bertz CT molecular complexity index is 827. The fraction of sp³-hybridized carbons (Fsp3) is 0.333. The van der Waals surface area contributed by atoms with Crippen molar-refractivity contribution in [3.05, 3.63) is 47.9 Å². The molecule has 25 heavy (non-hydrogen) atoms. The first-order valence-corrected chi connectivity index (χ1v) is 7.96. The van der Waals surface area contributed by atoms with E-state index in [0.717, 1.165) is 28.6 Å². The average Bonchev–Trinajstić information content (AvgIpc) is 3.24. The monoisotopic (exact) mass is 342 g/mol. The molecule has 0 aliphatic heterocycles. The van der Waals surface area contributed by atoms with Crippen molar-refractivity contribution < 1.29 is 13.9 Å². The third-order valence-corrected chi connectivity index (χ3v) is 3.92. The van der Waals surface area contributed by atoms with Gasteiger partial charge in [0.05, 0.1) is 32.0 Å². The molecule has 7 nitrogen and oxygen atoms in total. The number of ether oxygens (including phenoxy) is 2. The van der Waals surface area contributed by atoms with E-state index in [4.69, 9.17) is 13.9 Å². The van der Waals surface area contributed by atoms with Gasteiger partial charge in [-0.05, 0) is 32.2 Å². The summed E-state index contributed by atoms with van der Waals surface area (Å²) >= 11 is 0. The minimum atomic E-state index is 0.523. The van der Waals surface area contributed by atoms with Crippen LogP contribution in [0.4, 0.5) is 0 Å². The van der Waals surface area contributed by atoms with Crippen LogP contribution in [0.1, 0.15) is 17.3 Å². The molecule has 0 fully saturated rings. The predicted molar refractivity (Wildman–Crippen MR) is 93.5 cm³/mol. The zero-order chi connectivity index (χ0) is 17.8. The van der Waals surface area contributed by atoms with Gasteiger partial charge in [-0.25, -0.2) is 9.97 Å². The molecular formula is C18H22N4O3. The fourth-order valence-electron chi connectivity index (χ4n) is 2.62. The summed E-state index contributed by atoms with van der Waals surface area (Å²) in [7, 11) is 5.27. The number of H-pyrrole nitrogens is 1. The quantitative estimate of drug-likeness (QED) is 0.711. The number of methoxy groups -OCH3 is 2. The summed E-state index contributed by atoms with van der Waals surface area (Å²) in [4.78, 5) is 14.1. The highest BCUT2D eigenvalue weighted by Crippen LogP contribution is 2.34. The number of oxazole rings is 1. The lowest BCUT2D eigenvalue weighted by molar-refractivity contribution is 0.306. The molecule has 1 N–H and O–H groups in total. The van der Waals surface area contributed by atoms with Gasteiger partial charge in [-0.3, -0.25) is 4.90 Å². The van der Waals surface area contributed by atoms with Crippen molar-refractivity contribution in [2.45, 2.75) is 20.0 Å². The Morgan fingerprint density at radius 3 is 2.72 bits per heavy atom. The van der Waals surface area contributed by atoms with Gasteiger partial charge in [0.15, 0.2) is 0 Å². The molecule has 2 heterocycles.